The Bertz CT molecular complexity index is 685. The average molecular weight is 324 g/mol. The molecule has 0 atom stereocenters. The maximum absolute atomic E-state index is 12.1. The highest BCUT2D eigenvalue weighted by Crippen LogP contribution is 2.26. The number of carbonyl (C=O) groups excluding carboxylic acids is 2. The lowest BCUT2D eigenvalue weighted by atomic mass is 9.89. The second-order valence-electron chi connectivity index (χ2n) is 5.98. The standard InChI is InChI=1S/C20H20O4/c21-19(15-7-3-1-4-8-15)23-17-11-13-18(14-12-17)24-20(22)16-9-5-2-6-10-16/h1,3-4,7-8,11-14,16H,2,5-6,9-10H2. The summed E-state index contributed by atoms with van der Waals surface area (Å²) in [5.74, 6) is 0.326. The number of benzene rings is 2. The van der Waals surface area contributed by atoms with Crippen LogP contribution in [0.1, 0.15) is 42.5 Å². The molecule has 0 unspecified atom stereocenters. The molecule has 3 rings (SSSR count). The van der Waals surface area contributed by atoms with Crippen molar-refractivity contribution in [3.63, 3.8) is 0 Å². The molecule has 0 saturated heterocycles. The monoisotopic (exact) mass is 324 g/mol. The van der Waals surface area contributed by atoms with Gasteiger partial charge >= 0.3 is 11.9 Å². The molecule has 0 N–H and O–H groups in total. The minimum Gasteiger partial charge on any atom is -0.426 e. The van der Waals surface area contributed by atoms with Crippen molar-refractivity contribution in [3.8, 4) is 11.5 Å². The molecule has 1 aliphatic carbocycles. The van der Waals surface area contributed by atoms with Gasteiger partial charge in [-0.3, -0.25) is 4.79 Å². The molecule has 1 fully saturated rings. The van der Waals surface area contributed by atoms with Gasteiger partial charge in [0.15, 0.2) is 0 Å². The van der Waals surface area contributed by atoms with Crippen LogP contribution in [0.25, 0.3) is 0 Å². The quantitative estimate of drug-likeness (QED) is 0.618. The lowest BCUT2D eigenvalue weighted by Crippen LogP contribution is -2.22. The zero-order valence-electron chi connectivity index (χ0n) is 13.4. The summed E-state index contributed by atoms with van der Waals surface area (Å²) in [5, 5.41) is 0. The van der Waals surface area contributed by atoms with Crippen LogP contribution in [0.4, 0.5) is 0 Å². The number of ether oxygens (including phenoxy) is 2. The van der Waals surface area contributed by atoms with Crippen molar-refractivity contribution in [1.29, 1.82) is 0 Å². The molecule has 1 saturated carbocycles. The van der Waals surface area contributed by atoms with Gasteiger partial charge in [0.2, 0.25) is 0 Å². The van der Waals surface area contributed by atoms with Crippen LogP contribution in [0.3, 0.4) is 0 Å². The highest BCUT2D eigenvalue weighted by atomic mass is 16.5. The van der Waals surface area contributed by atoms with Gasteiger partial charge in [0.05, 0.1) is 11.5 Å². The first-order valence-electron chi connectivity index (χ1n) is 8.31. The normalized spacial score (nSPS) is 14.8. The molecule has 24 heavy (non-hydrogen) atoms. The van der Waals surface area contributed by atoms with E-state index in [-0.39, 0.29) is 11.9 Å². The van der Waals surface area contributed by atoms with E-state index in [0.717, 1.165) is 25.7 Å². The van der Waals surface area contributed by atoms with Gasteiger partial charge in [0.25, 0.3) is 0 Å². The van der Waals surface area contributed by atoms with Gasteiger partial charge in [-0.25, -0.2) is 4.79 Å². The fourth-order valence-electron chi connectivity index (χ4n) is 2.85. The molecule has 0 radical (unpaired) electrons. The van der Waals surface area contributed by atoms with Crippen molar-refractivity contribution in [2.45, 2.75) is 32.1 Å². The van der Waals surface area contributed by atoms with Crippen molar-refractivity contribution < 1.29 is 19.1 Å². The van der Waals surface area contributed by atoms with E-state index in [4.69, 9.17) is 9.47 Å². The molecule has 2 aromatic carbocycles. The Hall–Kier alpha value is -2.62. The van der Waals surface area contributed by atoms with Gasteiger partial charge in [-0.05, 0) is 49.2 Å². The molecule has 4 nitrogen and oxygen atoms in total. The fourth-order valence-corrected chi connectivity index (χ4v) is 2.85. The van der Waals surface area contributed by atoms with Crippen LogP contribution in [-0.4, -0.2) is 11.9 Å². The van der Waals surface area contributed by atoms with Gasteiger partial charge in [0, 0.05) is 0 Å². The third-order valence-electron chi connectivity index (χ3n) is 4.20. The summed E-state index contributed by atoms with van der Waals surface area (Å²) in [6.45, 7) is 0. The molecule has 124 valence electrons. The van der Waals surface area contributed by atoms with E-state index in [2.05, 4.69) is 0 Å². The first-order chi connectivity index (χ1) is 11.7. The van der Waals surface area contributed by atoms with Crippen LogP contribution < -0.4 is 9.47 Å². The first kappa shape index (κ1) is 16.2. The van der Waals surface area contributed by atoms with Crippen LogP contribution in [0.15, 0.2) is 54.6 Å². The van der Waals surface area contributed by atoms with Gasteiger partial charge in [-0.1, -0.05) is 37.5 Å². The second kappa shape index (κ2) is 7.77. The topological polar surface area (TPSA) is 52.6 Å². The van der Waals surface area contributed by atoms with Gasteiger partial charge in [-0.15, -0.1) is 0 Å². The zero-order chi connectivity index (χ0) is 16.8. The van der Waals surface area contributed by atoms with E-state index in [1.165, 1.54) is 6.42 Å². The molecule has 0 aliphatic heterocycles. The minimum atomic E-state index is -0.414. The van der Waals surface area contributed by atoms with E-state index in [1.54, 1.807) is 48.5 Å². The lowest BCUT2D eigenvalue weighted by molar-refractivity contribution is -0.139. The maximum Gasteiger partial charge on any atom is 0.343 e. The van der Waals surface area contributed by atoms with E-state index in [1.807, 2.05) is 6.07 Å². The largest absolute Gasteiger partial charge is 0.426 e. The Morgan fingerprint density at radius 3 is 1.96 bits per heavy atom. The van der Waals surface area contributed by atoms with Gasteiger partial charge in [-0.2, -0.15) is 0 Å². The van der Waals surface area contributed by atoms with Crippen molar-refractivity contribution >= 4 is 11.9 Å². The molecule has 1 aliphatic rings. The third kappa shape index (κ3) is 4.22. The Morgan fingerprint density at radius 1 is 0.750 bits per heavy atom. The molecule has 0 bridgehead atoms. The Morgan fingerprint density at radius 2 is 1.33 bits per heavy atom. The summed E-state index contributed by atoms with van der Waals surface area (Å²) in [6, 6.07) is 15.4. The smallest absolute Gasteiger partial charge is 0.343 e. The van der Waals surface area contributed by atoms with Crippen molar-refractivity contribution in [2.75, 3.05) is 0 Å². The summed E-state index contributed by atoms with van der Waals surface area (Å²) in [4.78, 5) is 24.1. The Balaban J connectivity index is 1.57. The SMILES string of the molecule is O=C(Oc1ccc(OC(=O)C2CCCCC2)cc1)c1ccccc1. The average Bonchev–Trinajstić information content (AvgIpc) is 2.65. The molecule has 0 aromatic heterocycles. The summed E-state index contributed by atoms with van der Waals surface area (Å²) < 4.78 is 10.7. The number of esters is 2. The van der Waals surface area contributed by atoms with Crippen molar-refractivity contribution in [2.24, 2.45) is 5.92 Å². The van der Waals surface area contributed by atoms with Crippen LogP contribution >= 0.6 is 0 Å². The summed E-state index contributed by atoms with van der Waals surface area (Å²) >= 11 is 0. The van der Waals surface area contributed by atoms with E-state index < -0.39 is 5.97 Å². The van der Waals surface area contributed by atoms with Crippen molar-refractivity contribution in [3.05, 3.63) is 60.2 Å². The number of hydrogen-bond donors (Lipinski definition) is 0. The molecular weight excluding hydrogens is 304 g/mol. The highest BCUT2D eigenvalue weighted by molar-refractivity contribution is 5.90. The van der Waals surface area contributed by atoms with Crippen LogP contribution in [0.5, 0.6) is 11.5 Å². The molecular formula is C20H20O4. The van der Waals surface area contributed by atoms with Crippen molar-refractivity contribution in [1.82, 2.24) is 0 Å². The number of rotatable bonds is 4. The number of carbonyl (C=O) groups is 2. The fraction of sp³-hybridized carbons (Fsp3) is 0.300. The van der Waals surface area contributed by atoms with Gasteiger partial charge in [0.1, 0.15) is 11.5 Å². The summed E-state index contributed by atoms with van der Waals surface area (Å²) in [7, 11) is 0. The Kier molecular flexibility index (Phi) is 5.26. The highest BCUT2D eigenvalue weighted by Gasteiger charge is 2.22. The Labute approximate surface area is 141 Å². The van der Waals surface area contributed by atoms with Gasteiger partial charge < -0.3 is 9.47 Å². The van der Waals surface area contributed by atoms with E-state index in [9.17, 15) is 9.59 Å². The minimum absolute atomic E-state index is 0.00864. The predicted molar refractivity (Wildman–Crippen MR) is 90.1 cm³/mol. The van der Waals surface area contributed by atoms with E-state index >= 15 is 0 Å². The molecule has 0 heterocycles. The zero-order valence-corrected chi connectivity index (χ0v) is 13.4. The van der Waals surface area contributed by atoms with Crippen LogP contribution in [-0.2, 0) is 4.79 Å². The van der Waals surface area contributed by atoms with E-state index in [0.29, 0.717) is 17.1 Å². The summed E-state index contributed by atoms with van der Waals surface area (Å²) in [5.41, 5.74) is 0.491. The van der Waals surface area contributed by atoms with Crippen LogP contribution in [0, 0.1) is 5.92 Å². The maximum atomic E-state index is 12.1. The third-order valence-corrected chi connectivity index (χ3v) is 4.20. The summed E-state index contributed by atoms with van der Waals surface area (Å²) in [6.07, 6.45) is 5.20. The van der Waals surface area contributed by atoms with Crippen LogP contribution in [0.2, 0.25) is 0 Å². The lowest BCUT2D eigenvalue weighted by Gasteiger charge is -2.19. The molecule has 2 aromatic rings. The predicted octanol–water partition coefficient (Wildman–Crippen LogP) is 4.39. The first-order valence-corrected chi connectivity index (χ1v) is 8.31. The molecule has 0 amide bonds. The second-order valence-corrected chi connectivity index (χ2v) is 5.98. The molecule has 0 spiro atoms. The molecule has 4 heteroatoms. The number of hydrogen-bond acceptors (Lipinski definition) is 4.